The molecule has 0 saturated heterocycles. The predicted octanol–water partition coefficient (Wildman–Crippen LogP) is 12.5. The Morgan fingerprint density at radius 2 is 0.953 bits per heavy atom. The highest BCUT2D eigenvalue weighted by molar-refractivity contribution is 7.02. The van der Waals surface area contributed by atoms with Crippen LogP contribution in [0.2, 0.25) is 0 Å². The highest BCUT2D eigenvalue weighted by atomic mass is 16.5. The van der Waals surface area contributed by atoms with Crippen LogP contribution < -0.4 is 45.1 Å². The van der Waals surface area contributed by atoms with Crippen LogP contribution in [0.25, 0.3) is 21.9 Å². The minimum Gasteiger partial charge on any atom is -0.490 e. The molecule has 0 fully saturated rings. The van der Waals surface area contributed by atoms with Gasteiger partial charge in [0.1, 0.15) is 11.2 Å². The third-order valence-electron chi connectivity index (χ3n) is 14.0. The van der Waals surface area contributed by atoms with Gasteiger partial charge in [-0.2, -0.15) is 0 Å². The van der Waals surface area contributed by atoms with Crippen LogP contribution >= 0.6 is 0 Å². The van der Waals surface area contributed by atoms with Crippen molar-refractivity contribution in [2.75, 3.05) is 36.2 Å². The molecule has 7 aromatic rings. The monoisotopic (exact) mass is 854 g/mol. The number of hydrogen-bond acceptors (Lipinski definition) is 8. The molecule has 328 valence electrons. The minimum atomic E-state index is -0.237. The SMILES string of the molecule is Cc1cc2c(c(C)c1N1c3cc(C(C)C)cc4c3B(c3c1oc1ccc(C(C)(C)C)cc31)c1c(oc3ccc(C(C)(C)C)cc13)N4c1c(C)cc3c(c1C)OCCCO3)OCCCO2. The quantitative estimate of drug-likeness (QED) is 0.163. The first kappa shape index (κ1) is 40.8. The van der Waals surface area contributed by atoms with Crippen molar-refractivity contribution >= 4 is 79.6 Å². The first-order chi connectivity index (χ1) is 30.5. The molecule has 64 heavy (non-hydrogen) atoms. The molecular formula is C55H59BN2O6. The van der Waals surface area contributed by atoms with Crippen molar-refractivity contribution < 1.29 is 27.8 Å². The van der Waals surface area contributed by atoms with Gasteiger partial charge in [0.25, 0.3) is 6.71 Å². The molecule has 0 spiro atoms. The molecule has 0 amide bonds. The van der Waals surface area contributed by atoms with Gasteiger partial charge in [0, 0.05) is 57.0 Å². The van der Waals surface area contributed by atoms with E-state index >= 15 is 0 Å². The van der Waals surface area contributed by atoms with E-state index in [4.69, 9.17) is 27.8 Å². The number of ether oxygens (including phenoxy) is 4. The van der Waals surface area contributed by atoms with Crippen LogP contribution in [0.3, 0.4) is 0 Å². The number of fused-ring (bicyclic) bond motifs is 10. The summed E-state index contributed by atoms with van der Waals surface area (Å²) in [5, 5.41) is 2.21. The van der Waals surface area contributed by atoms with Gasteiger partial charge in [0.2, 0.25) is 11.8 Å². The molecule has 6 heterocycles. The van der Waals surface area contributed by atoms with Crippen LogP contribution in [0.1, 0.15) is 113 Å². The van der Waals surface area contributed by atoms with Gasteiger partial charge in [-0.25, -0.2) is 0 Å². The molecule has 2 aromatic heterocycles. The molecule has 4 aliphatic heterocycles. The fourth-order valence-corrected chi connectivity index (χ4v) is 10.7. The summed E-state index contributed by atoms with van der Waals surface area (Å²) in [6.45, 7) is 29.2. The minimum absolute atomic E-state index is 0.0892. The summed E-state index contributed by atoms with van der Waals surface area (Å²) in [5.41, 5.74) is 17.2. The second kappa shape index (κ2) is 14.3. The highest BCUT2D eigenvalue weighted by Crippen LogP contribution is 2.54. The van der Waals surface area contributed by atoms with Gasteiger partial charge >= 0.3 is 0 Å². The molecule has 0 bridgehead atoms. The molecule has 5 aromatic carbocycles. The van der Waals surface area contributed by atoms with Crippen molar-refractivity contribution in [1.82, 2.24) is 0 Å². The van der Waals surface area contributed by atoms with E-state index in [9.17, 15) is 0 Å². The molecule has 8 nitrogen and oxygen atoms in total. The van der Waals surface area contributed by atoms with Crippen molar-refractivity contribution in [1.29, 1.82) is 0 Å². The smallest absolute Gasteiger partial charge is 0.262 e. The number of rotatable bonds is 3. The number of hydrogen-bond donors (Lipinski definition) is 0. The number of aryl methyl sites for hydroxylation is 2. The lowest BCUT2D eigenvalue weighted by Crippen LogP contribution is -2.61. The van der Waals surface area contributed by atoms with Gasteiger partial charge in [-0.15, -0.1) is 0 Å². The molecule has 0 saturated carbocycles. The molecule has 0 N–H and O–H groups in total. The van der Waals surface area contributed by atoms with Crippen molar-refractivity contribution in [2.45, 2.75) is 113 Å². The first-order valence-corrected chi connectivity index (χ1v) is 23.2. The van der Waals surface area contributed by atoms with Crippen LogP contribution in [0.5, 0.6) is 23.0 Å². The van der Waals surface area contributed by atoms with Crippen LogP contribution in [0, 0.1) is 27.7 Å². The summed E-state index contributed by atoms with van der Waals surface area (Å²) < 4.78 is 40.4. The third kappa shape index (κ3) is 6.01. The topological polar surface area (TPSA) is 69.7 Å². The molecule has 4 aliphatic rings. The Hall–Kier alpha value is -5.96. The van der Waals surface area contributed by atoms with E-state index in [1.54, 1.807) is 0 Å². The standard InChI is InChI=1S/C55H59BN2O6/c1-29(2)34-25-39-47-40(26-34)58(49-31(4)24-44-51(33(49)6)62-22-14-20-60-44)53-46(38-28-36(55(10,11)12)16-18-42(38)64-53)56(47)45-37-27-35(54(7,8)9)15-17-41(37)63-52(45)57(39)48-30(3)23-43-50(32(48)5)61-21-13-19-59-43/h15-18,23-29H,13-14,19-22H2,1-12H3. The van der Waals surface area contributed by atoms with Gasteiger partial charge in [0.15, 0.2) is 23.0 Å². The van der Waals surface area contributed by atoms with E-state index in [2.05, 4.69) is 154 Å². The van der Waals surface area contributed by atoms with Crippen LogP contribution in [0.15, 0.2) is 69.5 Å². The maximum absolute atomic E-state index is 7.34. The van der Waals surface area contributed by atoms with Crippen molar-refractivity contribution in [2.24, 2.45) is 0 Å². The van der Waals surface area contributed by atoms with Crippen LogP contribution in [0.4, 0.5) is 34.5 Å². The maximum atomic E-state index is 7.34. The Balaban J connectivity index is 1.32. The number of nitrogens with zero attached hydrogens (tertiary/aromatic N) is 2. The number of anilines is 6. The molecule has 9 heteroatoms. The van der Waals surface area contributed by atoms with Crippen LogP contribution in [-0.4, -0.2) is 33.1 Å². The van der Waals surface area contributed by atoms with Gasteiger partial charge < -0.3 is 27.8 Å². The largest absolute Gasteiger partial charge is 0.490 e. The fourth-order valence-electron chi connectivity index (χ4n) is 10.7. The first-order valence-electron chi connectivity index (χ1n) is 23.2. The highest BCUT2D eigenvalue weighted by Gasteiger charge is 2.50. The van der Waals surface area contributed by atoms with Crippen LogP contribution in [-0.2, 0) is 10.8 Å². The second-order valence-electron chi connectivity index (χ2n) is 20.9. The summed E-state index contributed by atoms with van der Waals surface area (Å²) in [7, 11) is 0. The molecule has 0 aliphatic carbocycles. The molecule has 0 unspecified atom stereocenters. The van der Waals surface area contributed by atoms with E-state index in [0.717, 1.165) is 125 Å². The molecule has 0 radical (unpaired) electrons. The van der Waals surface area contributed by atoms with Gasteiger partial charge in [-0.05, 0) is 126 Å². The van der Waals surface area contributed by atoms with Crippen molar-refractivity contribution in [3.63, 3.8) is 0 Å². The lowest BCUT2D eigenvalue weighted by atomic mass is 9.33. The normalized spacial score (nSPS) is 15.7. The van der Waals surface area contributed by atoms with Gasteiger partial charge in [-0.3, -0.25) is 9.80 Å². The average molecular weight is 855 g/mol. The summed E-state index contributed by atoms with van der Waals surface area (Å²) in [4.78, 5) is 4.82. The second-order valence-corrected chi connectivity index (χ2v) is 20.9. The summed E-state index contributed by atoms with van der Waals surface area (Å²) >= 11 is 0. The van der Waals surface area contributed by atoms with E-state index in [0.29, 0.717) is 26.4 Å². The Kier molecular flexibility index (Phi) is 9.10. The van der Waals surface area contributed by atoms with E-state index in [1.165, 1.54) is 22.2 Å². The lowest BCUT2D eigenvalue weighted by molar-refractivity contribution is 0.296. The molecular weight excluding hydrogens is 795 g/mol. The maximum Gasteiger partial charge on any atom is 0.262 e. The zero-order valence-corrected chi connectivity index (χ0v) is 39.5. The van der Waals surface area contributed by atoms with E-state index in [-0.39, 0.29) is 23.5 Å². The predicted molar refractivity (Wildman–Crippen MR) is 262 cm³/mol. The van der Waals surface area contributed by atoms with Crippen molar-refractivity contribution in [3.05, 3.63) is 99.6 Å². The van der Waals surface area contributed by atoms with E-state index in [1.807, 2.05) is 0 Å². The van der Waals surface area contributed by atoms with Crippen molar-refractivity contribution in [3.8, 4) is 23.0 Å². The third-order valence-corrected chi connectivity index (χ3v) is 14.0. The number of benzene rings is 5. The molecule has 0 atom stereocenters. The Bertz CT molecular complexity index is 2890. The lowest BCUT2D eigenvalue weighted by Gasteiger charge is -2.42. The zero-order chi connectivity index (χ0) is 44.7. The fraction of sp³-hybridized carbons (Fsp3) is 0.382. The summed E-state index contributed by atoms with van der Waals surface area (Å²) in [5.74, 6) is 5.00. The number of furan rings is 2. The van der Waals surface area contributed by atoms with E-state index < -0.39 is 0 Å². The Morgan fingerprint density at radius 3 is 1.36 bits per heavy atom. The van der Waals surface area contributed by atoms with Gasteiger partial charge in [-0.1, -0.05) is 67.5 Å². The van der Waals surface area contributed by atoms with Gasteiger partial charge in [0.05, 0.1) is 37.8 Å². The summed E-state index contributed by atoms with van der Waals surface area (Å²) in [6, 6.07) is 22.7. The Morgan fingerprint density at radius 1 is 0.531 bits per heavy atom. The zero-order valence-electron chi connectivity index (χ0n) is 39.5. The summed E-state index contributed by atoms with van der Waals surface area (Å²) in [6.07, 6.45) is 1.65. The molecule has 11 rings (SSSR count). The Labute approximate surface area is 377 Å². The average Bonchev–Trinajstić information content (AvgIpc) is 3.58.